The molecule has 2 saturated heterocycles. The van der Waals surface area contributed by atoms with Crippen molar-refractivity contribution >= 4 is 50.9 Å². The number of fused-ring (bicyclic) bond motifs is 1. The number of thiophene rings is 1. The molecule has 132 valence electrons. The van der Waals surface area contributed by atoms with Crippen LogP contribution in [0.5, 0.6) is 0 Å². The molecular formula is C17H19ClN4O2S. The van der Waals surface area contributed by atoms with Gasteiger partial charge in [0.15, 0.2) is 0 Å². The van der Waals surface area contributed by atoms with Crippen LogP contribution in [0.15, 0.2) is 6.07 Å². The molecule has 3 fully saturated rings. The van der Waals surface area contributed by atoms with Gasteiger partial charge in [0.1, 0.15) is 10.6 Å². The summed E-state index contributed by atoms with van der Waals surface area (Å²) in [5, 5.41) is 10.0. The van der Waals surface area contributed by atoms with E-state index in [4.69, 9.17) is 26.7 Å². The molecule has 1 spiro atoms. The van der Waals surface area contributed by atoms with E-state index in [0.717, 1.165) is 52.4 Å². The van der Waals surface area contributed by atoms with E-state index in [1.807, 2.05) is 6.07 Å². The Bertz CT molecular complexity index is 879. The van der Waals surface area contributed by atoms with E-state index in [-0.39, 0.29) is 11.8 Å². The highest BCUT2D eigenvalue weighted by Crippen LogP contribution is 2.61. The lowest BCUT2D eigenvalue weighted by Gasteiger charge is -2.43. The molecule has 2 aliphatic heterocycles. The SMILES string of the molecule is C[C@H]1CCN1c1nc(N2CC3(C[C@H]3CC(=O)O)C2)c2cc(Cl)sc2n1. The molecular weight excluding hydrogens is 360 g/mol. The van der Waals surface area contributed by atoms with Crippen molar-refractivity contribution in [2.75, 3.05) is 29.4 Å². The summed E-state index contributed by atoms with van der Waals surface area (Å²) >= 11 is 7.73. The van der Waals surface area contributed by atoms with Crippen molar-refractivity contribution in [2.24, 2.45) is 11.3 Å². The van der Waals surface area contributed by atoms with Crippen LogP contribution in [0.4, 0.5) is 11.8 Å². The molecule has 3 aliphatic rings. The van der Waals surface area contributed by atoms with Crippen molar-refractivity contribution in [2.45, 2.75) is 32.2 Å². The zero-order chi connectivity index (χ0) is 17.3. The summed E-state index contributed by atoms with van der Waals surface area (Å²) in [6.07, 6.45) is 2.48. The number of anilines is 2. The van der Waals surface area contributed by atoms with E-state index in [2.05, 4.69) is 16.7 Å². The summed E-state index contributed by atoms with van der Waals surface area (Å²) in [5.74, 6) is 1.37. The van der Waals surface area contributed by atoms with Crippen LogP contribution < -0.4 is 9.80 Å². The first-order chi connectivity index (χ1) is 11.9. The molecule has 0 aromatic carbocycles. The maximum Gasteiger partial charge on any atom is 0.303 e. The monoisotopic (exact) mass is 378 g/mol. The van der Waals surface area contributed by atoms with E-state index in [1.54, 1.807) is 0 Å². The fourth-order valence-corrected chi connectivity index (χ4v) is 5.31. The van der Waals surface area contributed by atoms with Crippen LogP contribution in [0.2, 0.25) is 4.34 Å². The Labute approximate surface area is 154 Å². The van der Waals surface area contributed by atoms with E-state index in [0.29, 0.717) is 12.0 Å². The molecule has 2 aromatic heterocycles. The van der Waals surface area contributed by atoms with Gasteiger partial charge in [0, 0.05) is 37.5 Å². The number of aromatic nitrogens is 2. The maximum atomic E-state index is 10.9. The summed E-state index contributed by atoms with van der Waals surface area (Å²) < 4.78 is 0.727. The number of halogens is 1. The smallest absolute Gasteiger partial charge is 0.303 e. The number of nitrogens with zero attached hydrogens (tertiary/aromatic N) is 4. The van der Waals surface area contributed by atoms with Gasteiger partial charge in [-0.15, -0.1) is 11.3 Å². The Balaban J connectivity index is 1.44. The largest absolute Gasteiger partial charge is 0.481 e. The summed E-state index contributed by atoms with van der Waals surface area (Å²) in [7, 11) is 0. The summed E-state index contributed by atoms with van der Waals surface area (Å²) in [5.41, 5.74) is 0.194. The molecule has 0 amide bonds. The van der Waals surface area contributed by atoms with Gasteiger partial charge in [0.25, 0.3) is 0 Å². The minimum absolute atomic E-state index is 0.194. The summed E-state index contributed by atoms with van der Waals surface area (Å²) in [6.45, 7) is 4.96. The number of carboxylic acid groups (broad SMARTS) is 1. The van der Waals surface area contributed by atoms with Crippen molar-refractivity contribution in [1.82, 2.24) is 9.97 Å². The minimum Gasteiger partial charge on any atom is -0.481 e. The maximum absolute atomic E-state index is 10.9. The Morgan fingerprint density at radius 1 is 1.48 bits per heavy atom. The van der Waals surface area contributed by atoms with Gasteiger partial charge in [-0.25, -0.2) is 4.98 Å². The quantitative estimate of drug-likeness (QED) is 0.880. The van der Waals surface area contributed by atoms with Gasteiger partial charge in [-0.3, -0.25) is 4.79 Å². The number of hydrogen-bond donors (Lipinski definition) is 1. The second-order valence-corrected chi connectivity index (χ2v) is 9.33. The fourth-order valence-electron chi connectivity index (χ4n) is 4.23. The highest BCUT2D eigenvalue weighted by Gasteiger charge is 2.62. The van der Waals surface area contributed by atoms with Crippen molar-refractivity contribution in [1.29, 1.82) is 0 Å². The molecule has 0 bridgehead atoms. The Morgan fingerprint density at radius 2 is 2.28 bits per heavy atom. The van der Waals surface area contributed by atoms with Gasteiger partial charge >= 0.3 is 5.97 Å². The molecule has 2 atom stereocenters. The molecule has 4 heterocycles. The predicted octanol–water partition coefficient (Wildman–Crippen LogP) is 3.24. The zero-order valence-electron chi connectivity index (χ0n) is 13.9. The highest BCUT2D eigenvalue weighted by molar-refractivity contribution is 7.22. The number of carbonyl (C=O) groups is 1. The third kappa shape index (κ3) is 2.39. The van der Waals surface area contributed by atoms with E-state index in [9.17, 15) is 4.79 Å². The summed E-state index contributed by atoms with van der Waals surface area (Å²) in [6, 6.07) is 2.43. The molecule has 25 heavy (non-hydrogen) atoms. The molecule has 6 nitrogen and oxygen atoms in total. The first-order valence-corrected chi connectivity index (χ1v) is 9.85. The van der Waals surface area contributed by atoms with Gasteiger partial charge in [-0.2, -0.15) is 4.98 Å². The van der Waals surface area contributed by atoms with Gasteiger partial charge < -0.3 is 14.9 Å². The zero-order valence-corrected chi connectivity index (χ0v) is 15.5. The van der Waals surface area contributed by atoms with Crippen LogP contribution in [0.1, 0.15) is 26.2 Å². The lowest BCUT2D eigenvalue weighted by Crippen LogP contribution is -2.51. The van der Waals surface area contributed by atoms with Gasteiger partial charge in [-0.05, 0) is 31.7 Å². The highest BCUT2D eigenvalue weighted by atomic mass is 35.5. The average molecular weight is 379 g/mol. The standard InChI is InChI=1S/C17H19ClN4O2S/c1-9-2-3-22(9)16-19-14(11-5-12(18)25-15(11)20-16)21-7-17(8-21)6-10(17)4-13(23)24/h5,9-10H,2-4,6-8H2,1H3,(H,23,24)/t9-,10+/m0/s1. The predicted molar refractivity (Wildman–Crippen MR) is 98.9 cm³/mol. The third-order valence-corrected chi connectivity index (χ3v) is 7.16. The molecule has 5 rings (SSSR count). The molecule has 1 N–H and O–H groups in total. The Morgan fingerprint density at radius 3 is 2.92 bits per heavy atom. The molecule has 0 radical (unpaired) electrons. The number of carboxylic acids is 1. The van der Waals surface area contributed by atoms with Crippen LogP contribution in [-0.4, -0.2) is 46.7 Å². The van der Waals surface area contributed by atoms with Crippen LogP contribution in [0.25, 0.3) is 10.2 Å². The van der Waals surface area contributed by atoms with E-state index in [1.165, 1.54) is 17.8 Å². The van der Waals surface area contributed by atoms with Gasteiger partial charge in [-0.1, -0.05) is 11.6 Å². The van der Waals surface area contributed by atoms with Gasteiger partial charge in [0.05, 0.1) is 9.72 Å². The topological polar surface area (TPSA) is 69.6 Å². The second kappa shape index (κ2) is 5.20. The normalized spacial score (nSPS) is 26.6. The number of aliphatic carboxylic acids is 1. The van der Waals surface area contributed by atoms with E-state index >= 15 is 0 Å². The number of hydrogen-bond acceptors (Lipinski definition) is 6. The average Bonchev–Trinajstić information content (AvgIpc) is 3.06. The lowest BCUT2D eigenvalue weighted by molar-refractivity contribution is -0.137. The van der Waals surface area contributed by atoms with Crippen molar-refractivity contribution in [3.8, 4) is 0 Å². The first kappa shape index (κ1) is 15.6. The van der Waals surface area contributed by atoms with Gasteiger partial charge in [0.2, 0.25) is 5.95 Å². The molecule has 8 heteroatoms. The van der Waals surface area contributed by atoms with Crippen molar-refractivity contribution < 1.29 is 9.90 Å². The first-order valence-electron chi connectivity index (χ1n) is 8.66. The fraction of sp³-hybridized carbons (Fsp3) is 0.588. The van der Waals surface area contributed by atoms with Crippen molar-refractivity contribution in [3.63, 3.8) is 0 Å². The lowest BCUT2D eigenvalue weighted by atomic mass is 9.92. The van der Waals surface area contributed by atoms with Crippen LogP contribution in [0, 0.1) is 11.3 Å². The molecule has 1 aliphatic carbocycles. The summed E-state index contributed by atoms with van der Waals surface area (Å²) in [4.78, 5) is 26.0. The van der Waals surface area contributed by atoms with Crippen LogP contribution in [0.3, 0.4) is 0 Å². The Kier molecular flexibility index (Phi) is 3.26. The van der Waals surface area contributed by atoms with Crippen LogP contribution in [-0.2, 0) is 4.79 Å². The van der Waals surface area contributed by atoms with Crippen LogP contribution >= 0.6 is 22.9 Å². The molecule has 1 saturated carbocycles. The second-order valence-electron chi connectivity index (χ2n) is 7.66. The van der Waals surface area contributed by atoms with Crippen molar-refractivity contribution in [3.05, 3.63) is 10.4 Å². The Hall–Kier alpha value is -1.60. The minimum atomic E-state index is -0.691. The number of rotatable bonds is 4. The van der Waals surface area contributed by atoms with E-state index < -0.39 is 5.97 Å². The molecule has 0 unspecified atom stereocenters. The third-order valence-electron chi connectivity index (χ3n) is 6.00. The molecule has 2 aromatic rings.